The molecule has 0 fully saturated rings. The van der Waals surface area contributed by atoms with Gasteiger partial charge in [0.15, 0.2) is 0 Å². The molecule has 0 aliphatic heterocycles. The van der Waals surface area contributed by atoms with E-state index in [1.165, 1.54) is 25.6 Å². The number of rotatable bonds is 6. The van der Waals surface area contributed by atoms with E-state index in [4.69, 9.17) is 11.6 Å². The van der Waals surface area contributed by atoms with Crippen LogP contribution in [0.5, 0.6) is 0 Å². The van der Waals surface area contributed by atoms with Gasteiger partial charge in [0.2, 0.25) is 0 Å². The van der Waals surface area contributed by atoms with Crippen molar-refractivity contribution in [3.63, 3.8) is 0 Å². The molecule has 3 nitrogen and oxygen atoms in total. The minimum atomic E-state index is 0.561. The maximum Gasteiger partial charge on any atom is 0.137 e. The van der Waals surface area contributed by atoms with E-state index in [0.29, 0.717) is 5.15 Å². The minimum absolute atomic E-state index is 0.561. The van der Waals surface area contributed by atoms with Gasteiger partial charge in [0.25, 0.3) is 0 Å². The van der Waals surface area contributed by atoms with Crippen molar-refractivity contribution < 1.29 is 0 Å². The highest BCUT2D eigenvalue weighted by atomic mass is 35.5. The van der Waals surface area contributed by atoms with Gasteiger partial charge >= 0.3 is 0 Å². The molecule has 1 aromatic heterocycles. The second kappa shape index (κ2) is 6.62. The van der Waals surface area contributed by atoms with Crippen LogP contribution in [0.15, 0.2) is 6.33 Å². The molecule has 0 radical (unpaired) electrons. The highest BCUT2D eigenvalue weighted by molar-refractivity contribution is 6.30. The second-order valence-electron chi connectivity index (χ2n) is 3.48. The van der Waals surface area contributed by atoms with Crippen LogP contribution in [-0.4, -0.2) is 16.5 Å². The van der Waals surface area contributed by atoms with Gasteiger partial charge in [-0.3, -0.25) is 0 Å². The van der Waals surface area contributed by atoms with E-state index in [-0.39, 0.29) is 0 Å². The van der Waals surface area contributed by atoms with E-state index in [1.807, 2.05) is 0 Å². The number of halogens is 1. The van der Waals surface area contributed by atoms with Gasteiger partial charge in [-0.15, -0.1) is 0 Å². The molecule has 1 aromatic rings. The minimum Gasteiger partial charge on any atom is -0.370 e. The van der Waals surface area contributed by atoms with Crippen LogP contribution in [-0.2, 0) is 6.42 Å². The zero-order valence-corrected chi connectivity index (χ0v) is 10.1. The van der Waals surface area contributed by atoms with Crippen molar-refractivity contribution in [2.75, 3.05) is 11.9 Å². The molecule has 4 heteroatoms. The van der Waals surface area contributed by atoms with Gasteiger partial charge in [0.05, 0.1) is 0 Å². The number of hydrogen-bond donors (Lipinski definition) is 1. The first-order valence-electron chi connectivity index (χ1n) is 5.52. The summed E-state index contributed by atoms with van der Waals surface area (Å²) in [6.07, 6.45) is 6.00. The van der Waals surface area contributed by atoms with Gasteiger partial charge in [0.1, 0.15) is 17.3 Å². The first kappa shape index (κ1) is 12.2. The smallest absolute Gasteiger partial charge is 0.137 e. The molecule has 0 aliphatic carbocycles. The average molecular weight is 228 g/mol. The predicted octanol–water partition coefficient (Wildman–Crippen LogP) is 3.29. The lowest BCUT2D eigenvalue weighted by Crippen LogP contribution is -2.07. The van der Waals surface area contributed by atoms with E-state index in [9.17, 15) is 0 Å². The number of anilines is 1. The quantitative estimate of drug-likeness (QED) is 0.599. The highest BCUT2D eigenvalue weighted by Gasteiger charge is 2.06. The van der Waals surface area contributed by atoms with Gasteiger partial charge < -0.3 is 5.32 Å². The molecule has 0 saturated carbocycles. The van der Waals surface area contributed by atoms with Crippen molar-refractivity contribution in [1.29, 1.82) is 0 Å². The molecule has 0 unspecified atom stereocenters. The van der Waals surface area contributed by atoms with E-state index in [0.717, 1.165) is 24.3 Å². The van der Waals surface area contributed by atoms with E-state index < -0.39 is 0 Å². The van der Waals surface area contributed by atoms with E-state index >= 15 is 0 Å². The number of nitrogens with one attached hydrogen (secondary N) is 1. The van der Waals surface area contributed by atoms with Crippen molar-refractivity contribution in [2.24, 2.45) is 0 Å². The Kier molecular flexibility index (Phi) is 5.40. The fraction of sp³-hybridized carbons (Fsp3) is 0.636. The second-order valence-corrected chi connectivity index (χ2v) is 3.84. The summed E-state index contributed by atoms with van der Waals surface area (Å²) in [5.74, 6) is 0.883. The molecule has 0 aromatic carbocycles. The lowest BCUT2D eigenvalue weighted by atomic mass is 10.2. The van der Waals surface area contributed by atoms with Gasteiger partial charge in [0, 0.05) is 12.1 Å². The molecule has 0 aliphatic rings. The average Bonchev–Trinajstić information content (AvgIpc) is 2.24. The topological polar surface area (TPSA) is 37.8 Å². The number of unbranched alkanes of at least 4 members (excludes halogenated alkanes) is 2. The molecule has 0 amide bonds. The number of aromatic nitrogens is 2. The Balaban J connectivity index is 2.56. The van der Waals surface area contributed by atoms with Crippen molar-refractivity contribution in [2.45, 2.75) is 39.5 Å². The third-order valence-corrected chi connectivity index (χ3v) is 2.64. The third kappa shape index (κ3) is 3.67. The Labute approximate surface area is 96.3 Å². The van der Waals surface area contributed by atoms with Crippen LogP contribution < -0.4 is 5.32 Å². The summed E-state index contributed by atoms with van der Waals surface area (Å²) in [5, 5.41) is 3.86. The maximum absolute atomic E-state index is 5.98. The van der Waals surface area contributed by atoms with Gasteiger partial charge in [-0.2, -0.15) is 0 Å². The highest BCUT2D eigenvalue weighted by Crippen LogP contribution is 2.19. The van der Waals surface area contributed by atoms with Crippen LogP contribution in [0, 0.1) is 0 Å². The van der Waals surface area contributed by atoms with E-state index in [2.05, 4.69) is 29.1 Å². The van der Waals surface area contributed by atoms with Crippen LogP contribution in [0.3, 0.4) is 0 Å². The summed E-state index contributed by atoms with van der Waals surface area (Å²) in [4.78, 5) is 8.17. The molecule has 84 valence electrons. The van der Waals surface area contributed by atoms with Crippen LogP contribution >= 0.6 is 11.6 Å². The Hall–Kier alpha value is -0.830. The van der Waals surface area contributed by atoms with Crippen molar-refractivity contribution >= 4 is 17.4 Å². The molecular weight excluding hydrogens is 210 g/mol. The molecule has 15 heavy (non-hydrogen) atoms. The Morgan fingerprint density at radius 3 is 2.73 bits per heavy atom. The van der Waals surface area contributed by atoms with Gasteiger partial charge in [-0.05, 0) is 12.8 Å². The number of nitrogens with zero attached hydrogens (tertiary/aromatic N) is 2. The van der Waals surface area contributed by atoms with Crippen molar-refractivity contribution in [3.05, 3.63) is 17.0 Å². The predicted molar refractivity (Wildman–Crippen MR) is 64.4 cm³/mol. The molecule has 0 atom stereocenters. The normalized spacial score (nSPS) is 10.3. The molecule has 1 heterocycles. The lowest BCUT2D eigenvalue weighted by Gasteiger charge is -2.09. The first-order chi connectivity index (χ1) is 7.29. The van der Waals surface area contributed by atoms with Crippen LogP contribution in [0.2, 0.25) is 5.15 Å². The van der Waals surface area contributed by atoms with Crippen LogP contribution in [0.25, 0.3) is 0 Å². The van der Waals surface area contributed by atoms with Crippen LogP contribution in [0.1, 0.15) is 38.7 Å². The van der Waals surface area contributed by atoms with Crippen molar-refractivity contribution in [3.8, 4) is 0 Å². The summed E-state index contributed by atoms with van der Waals surface area (Å²) in [7, 11) is 0. The maximum atomic E-state index is 5.98. The number of hydrogen-bond acceptors (Lipinski definition) is 3. The monoisotopic (exact) mass is 227 g/mol. The largest absolute Gasteiger partial charge is 0.370 e. The lowest BCUT2D eigenvalue weighted by molar-refractivity contribution is 0.741. The summed E-state index contributed by atoms with van der Waals surface area (Å²) >= 11 is 5.98. The molecule has 1 rings (SSSR count). The van der Waals surface area contributed by atoms with Crippen LogP contribution in [0.4, 0.5) is 5.82 Å². The first-order valence-corrected chi connectivity index (χ1v) is 5.90. The summed E-state index contributed by atoms with van der Waals surface area (Å²) in [6, 6.07) is 0. The summed E-state index contributed by atoms with van der Waals surface area (Å²) < 4.78 is 0. The molecule has 0 saturated heterocycles. The fourth-order valence-electron chi connectivity index (χ4n) is 1.44. The Bertz CT molecular complexity index is 302. The van der Waals surface area contributed by atoms with Gasteiger partial charge in [-0.1, -0.05) is 38.3 Å². The van der Waals surface area contributed by atoms with Crippen molar-refractivity contribution in [1.82, 2.24) is 9.97 Å². The Morgan fingerprint density at radius 2 is 2.07 bits per heavy atom. The molecule has 1 N–H and O–H groups in total. The standard InChI is InChI=1S/C11H18ClN3/c1-3-5-6-7-13-11-9(4-2)10(12)14-8-15-11/h8H,3-7H2,1-2H3,(H,13,14,15). The summed E-state index contributed by atoms with van der Waals surface area (Å²) in [6.45, 7) is 5.20. The zero-order chi connectivity index (χ0) is 11.1. The summed E-state index contributed by atoms with van der Waals surface area (Å²) in [5.41, 5.74) is 1.01. The Morgan fingerprint density at radius 1 is 1.27 bits per heavy atom. The molecular formula is C11H18ClN3. The molecule has 0 bridgehead atoms. The molecule has 0 spiro atoms. The third-order valence-electron chi connectivity index (χ3n) is 2.32. The zero-order valence-electron chi connectivity index (χ0n) is 9.39. The fourth-order valence-corrected chi connectivity index (χ4v) is 1.71. The SMILES string of the molecule is CCCCCNc1ncnc(Cl)c1CC. The van der Waals surface area contributed by atoms with E-state index in [1.54, 1.807) is 0 Å². The van der Waals surface area contributed by atoms with Gasteiger partial charge in [-0.25, -0.2) is 9.97 Å².